The van der Waals surface area contributed by atoms with Gasteiger partial charge in [0.25, 0.3) is 0 Å². The van der Waals surface area contributed by atoms with Crippen LogP contribution in [0, 0.1) is 0 Å². The van der Waals surface area contributed by atoms with Gasteiger partial charge in [0.1, 0.15) is 0 Å². The second-order valence-electron chi connectivity index (χ2n) is 5.81. The number of hydrogen-bond donors (Lipinski definition) is 1. The van der Waals surface area contributed by atoms with Crippen LogP contribution < -0.4 is 5.73 Å². The predicted octanol–water partition coefficient (Wildman–Crippen LogP) is 2.51. The highest BCUT2D eigenvalue weighted by Gasteiger charge is 2.07. The van der Waals surface area contributed by atoms with E-state index in [1.54, 1.807) is 0 Å². The molecule has 0 spiro atoms. The molecule has 4 heteroatoms. The highest BCUT2D eigenvalue weighted by molar-refractivity contribution is 5.83. The van der Waals surface area contributed by atoms with Crippen LogP contribution in [0.3, 0.4) is 0 Å². The Balaban J connectivity index is 1.83. The monoisotopic (exact) mass is 282 g/mol. The fourth-order valence-electron chi connectivity index (χ4n) is 2.86. The van der Waals surface area contributed by atoms with Crippen LogP contribution in [0.2, 0.25) is 0 Å². The summed E-state index contributed by atoms with van der Waals surface area (Å²) >= 11 is 0. The fraction of sp³-hybridized carbons (Fsp3) is 0.353. The number of aromatic nitrogens is 3. The van der Waals surface area contributed by atoms with Crippen LogP contribution in [-0.4, -0.2) is 20.4 Å². The van der Waals surface area contributed by atoms with Gasteiger partial charge in [0.15, 0.2) is 0 Å². The third-order valence-corrected chi connectivity index (χ3v) is 3.85. The Morgan fingerprint density at radius 1 is 1.29 bits per heavy atom. The standard InChI is InChI=1S/C17H22N4/c1-13(18)10-15-4-3-5-17-16(15)7-9-21(17)8-6-14-11-19-20(2)12-14/h3-5,7,9,11-13H,6,8,10,18H2,1-2H3. The first-order chi connectivity index (χ1) is 10.1. The van der Waals surface area contributed by atoms with Crippen molar-refractivity contribution < 1.29 is 0 Å². The van der Waals surface area contributed by atoms with Crippen molar-refractivity contribution in [3.63, 3.8) is 0 Å². The van der Waals surface area contributed by atoms with Gasteiger partial charge < -0.3 is 10.3 Å². The number of benzene rings is 1. The zero-order chi connectivity index (χ0) is 14.8. The molecule has 2 aromatic heterocycles. The van der Waals surface area contributed by atoms with Crippen molar-refractivity contribution in [3.8, 4) is 0 Å². The average molecular weight is 282 g/mol. The second-order valence-corrected chi connectivity index (χ2v) is 5.81. The highest BCUT2D eigenvalue weighted by atomic mass is 15.2. The SMILES string of the molecule is CC(N)Cc1cccc2c1ccn2CCc1cnn(C)c1. The number of hydrogen-bond acceptors (Lipinski definition) is 2. The molecule has 3 rings (SSSR count). The number of rotatable bonds is 5. The molecule has 0 aliphatic carbocycles. The Hall–Kier alpha value is -2.07. The molecule has 0 saturated carbocycles. The van der Waals surface area contributed by atoms with Gasteiger partial charge in [0.2, 0.25) is 0 Å². The van der Waals surface area contributed by atoms with E-state index >= 15 is 0 Å². The molecule has 1 aromatic carbocycles. The zero-order valence-electron chi connectivity index (χ0n) is 12.7. The van der Waals surface area contributed by atoms with Crippen LogP contribution in [0.1, 0.15) is 18.1 Å². The van der Waals surface area contributed by atoms with Crippen LogP contribution >= 0.6 is 0 Å². The summed E-state index contributed by atoms with van der Waals surface area (Å²) in [6, 6.07) is 8.88. The van der Waals surface area contributed by atoms with E-state index in [2.05, 4.69) is 53.2 Å². The molecular weight excluding hydrogens is 260 g/mol. The molecule has 2 N–H and O–H groups in total. The molecule has 0 amide bonds. The third-order valence-electron chi connectivity index (χ3n) is 3.85. The lowest BCUT2D eigenvalue weighted by Crippen LogP contribution is -2.17. The van der Waals surface area contributed by atoms with Gasteiger partial charge in [-0.05, 0) is 43.0 Å². The average Bonchev–Trinajstić information content (AvgIpc) is 3.03. The van der Waals surface area contributed by atoms with Crippen molar-refractivity contribution in [1.82, 2.24) is 14.3 Å². The largest absolute Gasteiger partial charge is 0.347 e. The topological polar surface area (TPSA) is 48.8 Å². The minimum atomic E-state index is 0.189. The van der Waals surface area contributed by atoms with Crippen molar-refractivity contribution in [1.29, 1.82) is 0 Å². The van der Waals surface area contributed by atoms with Crippen LogP contribution in [0.4, 0.5) is 0 Å². The Morgan fingerprint density at radius 3 is 2.86 bits per heavy atom. The zero-order valence-corrected chi connectivity index (χ0v) is 12.7. The Bertz CT molecular complexity index is 736. The molecule has 110 valence electrons. The first kappa shape index (κ1) is 13.9. The predicted molar refractivity (Wildman–Crippen MR) is 86.2 cm³/mol. The fourth-order valence-corrected chi connectivity index (χ4v) is 2.86. The summed E-state index contributed by atoms with van der Waals surface area (Å²) in [5.41, 5.74) is 9.84. The normalized spacial score (nSPS) is 12.9. The maximum Gasteiger partial charge on any atom is 0.0522 e. The molecular formula is C17H22N4. The van der Waals surface area contributed by atoms with Gasteiger partial charge in [-0.15, -0.1) is 0 Å². The summed E-state index contributed by atoms with van der Waals surface area (Å²) in [5.74, 6) is 0. The minimum Gasteiger partial charge on any atom is -0.347 e. The van der Waals surface area contributed by atoms with Crippen LogP contribution in [0.15, 0.2) is 42.9 Å². The Kier molecular flexibility index (Phi) is 3.80. The van der Waals surface area contributed by atoms with E-state index in [0.717, 1.165) is 19.4 Å². The van der Waals surface area contributed by atoms with E-state index in [1.165, 1.54) is 22.0 Å². The lowest BCUT2D eigenvalue weighted by molar-refractivity contribution is 0.720. The molecule has 1 unspecified atom stereocenters. The number of fused-ring (bicyclic) bond motifs is 1. The second kappa shape index (κ2) is 5.74. The van der Waals surface area contributed by atoms with Crippen LogP contribution in [0.5, 0.6) is 0 Å². The van der Waals surface area contributed by atoms with E-state index in [4.69, 9.17) is 5.73 Å². The molecule has 2 heterocycles. The van der Waals surface area contributed by atoms with Gasteiger partial charge in [-0.2, -0.15) is 5.10 Å². The molecule has 0 bridgehead atoms. The van der Waals surface area contributed by atoms with E-state index in [9.17, 15) is 0 Å². The number of nitrogens with zero attached hydrogens (tertiary/aromatic N) is 3. The van der Waals surface area contributed by atoms with E-state index in [1.807, 2.05) is 17.9 Å². The minimum absolute atomic E-state index is 0.189. The lowest BCUT2D eigenvalue weighted by atomic mass is 10.0. The number of aryl methyl sites for hydroxylation is 3. The lowest BCUT2D eigenvalue weighted by Gasteiger charge is -2.08. The molecule has 3 aromatic rings. The molecule has 0 saturated heterocycles. The Morgan fingerprint density at radius 2 is 2.14 bits per heavy atom. The summed E-state index contributed by atoms with van der Waals surface area (Å²) in [7, 11) is 1.95. The summed E-state index contributed by atoms with van der Waals surface area (Å²) in [6.07, 6.45) is 8.10. The van der Waals surface area contributed by atoms with Crippen LogP contribution in [0.25, 0.3) is 10.9 Å². The maximum atomic E-state index is 5.94. The molecule has 0 aliphatic rings. The van der Waals surface area contributed by atoms with Gasteiger partial charge in [0, 0.05) is 42.9 Å². The smallest absolute Gasteiger partial charge is 0.0522 e. The van der Waals surface area contributed by atoms with Gasteiger partial charge in [-0.25, -0.2) is 0 Å². The summed E-state index contributed by atoms with van der Waals surface area (Å²) in [6.45, 7) is 3.02. The van der Waals surface area contributed by atoms with E-state index in [-0.39, 0.29) is 6.04 Å². The van der Waals surface area contributed by atoms with Crippen LogP contribution in [-0.2, 0) is 26.4 Å². The summed E-state index contributed by atoms with van der Waals surface area (Å²) in [4.78, 5) is 0. The van der Waals surface area contributed by atoms with Crippen molar-refractivity contribution in [3.05, 3.63) is 54.0 Å². The molecule has 0 fully saturated rings. The summed E-state index contributed by atoms with van der Waals surface area (Å²) < 4.78 is 4.16. The third kappa shape index (κ3) is 3.00. The number of nitrogens with two attached hydrogens (primary N) is 1. The molecule has 21 heavy (non-hydrogen) atoms. The highest BCUT2D eigenvalue weighted by Crippen LogP contribution is 2.21. The van der Waals surface area contributed by atoms with Crippen molar-refractivity contribution in [2.24, 2.45) is 12.8 Å². The van der Waals surface area contributed by atoms with Crippen molar-refractivity contribution in [2.75, 3.05) is 0 Å². The van der Waals surface area contributed by atoms with Crippen molar-refractivity contribution >= 4 is 10.9 Å². The van der Waals surface area contributed by atoms with E-state index < -0.39 is 0 Å². The van der Waals surface area contributed by atoms with E-state index in [0.29, 0.717) is 0 Å². The van der Waals surface area contributed by atoms with Crippen molar-refractivity contribution in [2.45, 2.75) is 32.4 Å². The van der Waals surface area contributed by atoms with Gasteiger partial charge in [0.05, 0.1) is 6.20 Å². The first-order valence-electron chi connectivity index (χ1n) is 7.43. The molecule has 4 nitrogen and oxygen atoms in total. The van der Waals surface area contributed by atoms with Gasteiger partial charge in [-0.1, -0.05) is 12.1 Å². The van der Waals surface area contributed by atoms with Gasteiger partial charge in [-0.3, -0.25) is 4.68 Å². The summed E-state index contributed by atoms with van der Waals surface area (Å²) in [5, 5.41) is 5.54. The molecule has 0 radical (unpaired) electrons. The quantitative estimate of drug-likeness (QED) is 0.781. The Labute approximate surface area is 125 Å². The first-order valence-corrected chi connectivity index (χ1v) is 7.43. The maximum absolute atomic E-state index is 5.94. The van der Waals surface area contributed by atoms with Gasteiger partial charge >= 0.3 is 0 Å². The molecule has 1 atom stereocenters. The molecule has 0 aliphatic heterocycles.